The molecule has 1 atom stereocenters. The summed E-state index contributed by atoms with van der Waals surface area (Å²) in [6, 6.07) is 0. The molecule has 1 heterocycles. The molecule has 25 heavy (non-hydrogen) atoms. The van der Waals surface area contributed by atoms with E-state index in [2.05, 4.69) is 6.92 Å². The molecule has 1 rings (SSSR count). The summed E-state index contributed by atoms with van der Waals surface area (Å²) in [5.74, 6) is -1.97. The maximum Gasteiger partial charge on any atom is 0.514 e. The van der Waals surface area contributed by atoms with Crippen LogP contribution in [0.25, 0.3) is 0 Å². The fourth-order valence-corrected chi connectivity index (χ4v) is 3.08. The lowest BCUT2D eigenvalue weighted by Gasteiger charge is -2.27. The molecular formula is C19H36O6. The van der Waals surface area contributed by atoms with Crippen LogP contribution in [0.2, 0.25) is 0 Å². The van der Waals surface area contributed by atoms with E-state index in [4.69, 9.17) is 9.47 Å². The fraction of sp³-hybridized carbons (Fsp3) is 0.947. The highest BCUT2D eigenvalue weighted by Crippen LogP contribution is 2.22. The number of unbranched alkanes of at least 4 members (excludes halogenated alkanes) is 9. The van der Waals surface area contributed by atoms with Crippen molar-refractivity contribution in [3.05, 3.63) is 0 Å². The van der Waals surface area contributed by atoms with E-state index < -0.39 is 18.0 Å². The van der Waals surface area contributed by atoms with Gasteiger partial charge in [0, 0.05) is 12.8 Å². The monoisotopic (exact) mass is 360 g/mol. The van der Waals surface area contributed by atoms with Crippen LogP contribution < -0.4 is 0 Å². The summed E-state index contributed by atoms with van der Waals surface area (Å²) in [5.41, 5.74) is 0. The SMILES string of the molecule is CCCCCCCCC(O)C(O)(O)CCCCCCCC1OC(=O)O1. The number of ether oxygens (including phenoxy) is 2. The van der Waals surface area contributed by atoms with Gasteiger partial charge in [-0.15, -0.1) is 0 Å². The molecule has 0 radical (unpaired) electrons. The zero-order valence-corrected chi connectivity index (χ0v) is 15.6. The van der Waals surface area contributed by atoms with Crippen molar-refractivity contribution in [3.8, 4) is 0 Å². The van der Waals surface area contributed by atoms with Gasteiger partial charge in [-0.3, -0.25) is 0 Å². The van der Waals surface area contributed by atoms with Crippen LogP contribution in [0.1, 0.15) is 96.8 Å². The second kappa shape index (κ2) is 12.5. The molecule has 1 fully saturated rings. The van der Waals surface area contributed by atoms with Crippen molar-refractivity contribution < 1.29 is 29.6 Å². The second-order valence-corrected chi connectivity index (χ2v) is 7.17. The number of carbonyl (C=O) groups is 1. The van der Waals surface area contributed by atoms with E-state index in [9.17, 15) is 20.1 Å². The van der Waals surface area contributed by atoms with Crippen LogP contribution in [-0.4, -0.2) is 39.7 Å². The van der Waals surface area contributed by atoms with Gasteiger partial charge in [-0.2, -0.15) is 0 Å². The van der Waals surface area contributed by atoms with Gasteiger partial charge in [-0.1, -0.05) is 64.7 Å². The third-order valence-corrected chi connectivity index (χ3v) is 4.80. The third-order valence-electron chi connectivity index (χ3n) is 4.80. The summed E-state index contributed by atoms with van der Waals surface area (Å²) >= 11 is 0. The van der Waals surface area contributed by atoms with Gasteiger partial charge in [0.15, 0.2) is 5.79 Å². The van der Waals surface area contributed by atoms with Crippen molar-refractivity contribution in [2.45, 2.75) is 115 Å². The van der Waals surface area contributed by atoms with Crippen LogP contribution in [0.3, 0.4) is 0 Å². The minimum absolute atomic E-state index is 0.202. The molecule has 0 aromatic heterocycles. The van der Waals surface area contributed by atoms with Gasteiger partial charge in [-0.05, 0) is 19.3 Å². The molecule has 6 nitrogen and oxygen atoms in total. The Bertz CT molecular complexity index is 350. The minimum atomic E-state index is -1.97. The third kappa shape index (κ3) is 10.0. The van der Waals surface area contributed by atoms with Crippen molar-refractivity contribution in [2.75, 3.05) is 0 Å². The molecule has 1 saturated heterocycles. The summed E-state index contributed by atoms with van der Waals surface area (Å²) in [5, 5.41) is 30.0. The Morgan fingerprint density at radius 2 is 1.48 bits per heavy atom. The van der Waals surface area contributed by atoms with E-state index in [0.717, 1.165) is 44.9 Å². The first-order valence-electron chi connectivity index (χ1n) is 9.96. The number of hydrogen-bond donors (Lipinski definition) is 3. The van der Waals surface area contributed by atoms with Gasteiger partial charge in [0.05, 0.1) is 0 Å². The Morgan fingerprint density at radius 1 is 0.920 bits per heavy atom. The topological polar surface area (TPSA) is 96.2 Å². The smallest absolute Gasteiger partial charge is 0.394 e. The first-order chi connectivity index (χ1) is 12.0. The Hall–Kier alpha value is -0.850. The highest BCUT2D eigenvalue weighted by Gasteiger charge is 2.32. The average molecular weight is 360 g/mol. The number of hydrogen-bond acceptors (Lipinski definition) is 6. The predicted octanol–water partition coefficient (Wildman–Crippen LogP) is 4.00. The molecule has 1 unspecified atom stereocenters. The Balaban J connectivity index is 1.95. The molecule has 1 aliphatic heterocycles. The van der Waals surface area contributed by atoms with Crippen molar-refractivity contribution in [1.29, 1.82) is 0 Å². The van der Waals surface area contributed by atoms with Crippen molar-refractivity contribution in [1.82, 2.24) is 0 Å². The van der Waals surface area contributed by atoms with Crippen molar-refractivity contribution in [3.63, 3.8) is 0 Å². The van der Waals surface area contributed by atoms with Gasteiger partial charge >= 0.3 is 6.16 Å². The van der Waals surface area contributed by atoms with Gasteiger partial charge < -0.3 is 24.8 Å². The minimum Gasteiger partial charge on any atom is -0.394 e. The number of rotatable bonds is 16. The van der Waals surface area contributed by atoms with E-state index in [1.807, 2.05) is 0 Å². The molecule has 0 spiro atoms. The highest BCUT2D eigenvalue weighted by atomic mass is 16.9. The highest BCUT2D eigenvalue weighted by molar-refractivity contribution is 5.63. The molecule has 0 aliphatic carbocycles. The van der Waals surface area contributed by atoms with E-state index in [1.165, 1.54) is 19.3 Å². The van der Waals surface area contributed by atoms with E-state index in [0.29, 0.717) is 19.3 Å². The summed E-state index contributed by atoms with van der Waals surface area (Å²) < 4.78 is 9.48. The van der Waals surface area contributed by atoms with Crippen LogP contribution in [0.5, 0.6) is 0 Å². The molecule has 3 N–H and O–H groups in total. The number of aliphatic hydroxyl groups excluding tert-OH is 1. The van der Waals surface area contributed by atoms with Crippen LogP contribution in [0.15, 0.2) is 0 Å². The van der Waals surface area contributed by atoms with Gasteiger partial charge in [0.1, 0.15) is 6.10 Å². The maximum atomic E-state index is 10.4. The Labute approximate surface area is 151 Å². The van der Waals surface area contributed by atoms with Gasteiger partial charge in [-0.25, -0.2) is 4.79 Å². The Kier molecular flexibility index (Phi) is 11.1. The molecule has 0 bridgehead atoms. The van der Waals surface area contributed by atoms with Crippen LogP contribution >= 0.6 is 0 Å². The average Bonchev–Trinajstić information content (AvgIpc) is 2.54. The number of aliphatic hydroxyl groups is 3. The lowest BCUT2D eigenvalue weighted by molar-refractivity contribution is -0.230. The van der Waals surface area contributed by atoms with Crippen LogP contribution in [-0.2, 0) is 9.47 Å². The first kappa shape index (κ1) is 22.2. The molecule has 148 valence electrons. The summed E-state index contributed by atoms with van der Waals surface area (Å²) in [6.07, 6.45) is 10.5. The molecule has 0 amide bonds. The lowest BCUT2D eigenvalue weighted by Crippen LogP contribution is -2.42. The summed E-state index contributed by atoms with van der Waals surface area (Å²) in [4.78, 5) is 10.4. The largest absolute Gasteiger partial charge is 0.514 e. The normalized spacial score (nSPS) is 16.2. The van der Waals surface area contributed by atoms with Crippen molar-refractivity contribution in [2.24, 2.45) is 0 Å². The molecule has 0 saturated carbocycles. The molecular weight excluding hydrogens is 324 g/mol. The first-order valence-corrected chi connectivity index (χ1v) is 9.96. The molecule has 1 aliphatic rings. The molecule has 0 aromatic carbocycles. The molecule has 6 heteroatoms. The standard InChI is InChI=1S/C19H36O6/c1-2-3-4-5-7-10-13-16(20)19(22,23)15-12-9-6-8-11-14-17-24-18(21)25-17/h16-17,20,22-23H,2-15H2,1H3. The zero-order chi connectivity index (χ0) is 18.5. The maximum absolute atomic E-state index is 10.4. The molecule has 0 aromatic rings. The van der Waals surface area contributed by atoms with E-state index in [1.54, 1.807) is 0 Å². The second-order valence-electron chi connectivity index (χ2n) is 7.17. The number of carbonyl (C=O) groups excluding carboxylic acids is 1. The Morgan fingerprint density at radius 3 is 2.12 bits per heavy atom. The quantitative estimate of drug-likeness (QED) is 0.219. The van der Waals surface area contributed by atoms with Gasteiger partial charge in [0.2, 0.25) is 0 Å². The summed E-state index contributed by atoms with van der Waals surface area (Å²) in [7, 11) is 0. The summed E-state index contributed by atoms with van der Waals surface area (Å²) in [6.45, 7) is 2.18. The van der Waals surface area contributed by atoms with Gasteiger partial charge in [0.25, 0.3) is 6.29 Å². The predicted molar refractivity (Wildman–Crippen MR) is 94.8 cm³/mol. The van der Waals surface area contributed by atoms with E-state index >= 15 is 0 Å². The lowest BCUT2D eigenvalue weighted by atomic mass is 9.96. The number of cyclic esters (lactones) is 2. The van der Waals surface area contributed by atoms with Crippen LogP contribution in [0, 0.1) is 0 Å². The van der Waals surface area contributed by atoms with Crippen molar-refractivity contribution >= 4 is 6.16 Å². The van der Waals surface area contributed by atoms with Crippen LogP contribution in [0.4, 0.5) is 4.79 Å². The van der Waals surface area contributed by atoms with E-state index in [-0.39, 0.29) is 12.7 Å². The zero-order valence-electron chi connectivity index (χ0n) is 15.6. The fourth-order valence-electron chi connectivity index (χ4n) is 3.08.